The van der Waals surface area contributed by atoms with Crippen molar-refractivity contribution >= 4 is 11.6 Å². The second-order valence-corrected chi connectivity index (χ2v) is 7.61. The fraction of sp³-hybridized carbons (Fsp3) is 0.696. The molecule has 1 aromatic rings. The second kappa shape index (κ2) is 13.7. The zero-order valence-electron chi connectivity index (χ0n) is 17.2. The van der Waals surface area contributed by atoms with Gasteiger partial charge in [-0.15, -0.1) is 0 Å². The van der Waals surface area contributed by atoms with E-state index in [2.05, 4.69) is 19.2 Å². The zero-order valence-corrected chi connectivity index (χ0v) is 17.2. The number of rotatable bonds is 14. The van der Waals surface area contributed by atoms with Gasteiger partial charge in [0, 0.05) is 5.92 Å². The monoisotopic (exact) mass is 361 g/mol. The van der Waals surface area contributed by atoms with Crippen LogP contribution >= 0.6 is 0 Å². The molecule has 148 valence electrons. The third kappa shape index (κ3) is 9.26. The van der Waals surface area contributed by atoms with E-state index in [0.717, 1.165) is 31.2 Å². The number of phenols is 1. The van der Waals surface area contributed by atoms with Crippen molar-refractivity contribution < 1.29 is 9.90 Å². The lowest BCUT2D eigenvalue weighted by molar-refractivity contribution is -0.120. The normalized spacial score (nSPS) is 12.1. The van der Waals surface area contributed by atoms with Gasteiger partial charge in [0.05, 0.1) is 5.69 Å². The second-order valence-electron chi connectivity index (χ2n) is 7.61. The lowest BCUT2D eigenvalue weighted by Crippen LogP contribution is -2.23. The molecule has 1 unspecified atom stereocenters. The van der Waals surface area contributed by atoms with Gasteiger partial charge in [0.1, 0.15) is 5.75 Å². The number of nitrogens with one attached hydrogen (secondary N) is 1. The highest BCUT2D eigenvalue weighted by Crippen LogP contribution is 2.26. The summed E-state index contributed by atoms with van der Waals surface area (Å²) in [7, 11) is 0. The van der Waals surface area contributed by atoms with Gasteiger partial charge in [0.25, 0.3) is 0 Å². The van der Waals surface area contributed by atoms with Gasteiger partial charge in [-0.3, -0.25) is 4.79 Å². The Kier molecular flexibility index (Phi) is 11.8. The van der Waals surface area contributed by atoms with E-state index in [1.54, 1.807) is 6.07 Å². The number of aromatic hydroxyl groups is 1. The van der Waals surface area contributed by atoms with Crippen LogP contribution in [0.4, 0.5) is 5.69 Å². The third-order valence-corrected chi connectivity index (χ3v) is 5.09. The first-order chi connectivity index (χ1) is 12.6. The van der Waals surface area contributed by atoms with E-state index in [4.69, 9.17) is 0 Å². The third-order valence-electron chi connectivity index (χ3n) is 5.09. The van der Waals surface area contributed by atoms with Gasteiger partial charge in [-0.05, 0) is 37.5 Å². The number of hydrogen-bond acceptors (Lipinski definition) is 2. The van der Waals surface area contributed by atoms with Gasteiger partial charge in [-0.1, -0.05) is 84.1 Å². The molecule has 0 saturated carbocycles. The van der Waals surface area contributed by atoms with Crippen molar-refractivity contribution in [1.82, 2.24) is 0 Å². The molecule has 26 heavy (non-hydrogen) atoms. The minimum atomic E-state index is 0.0537. The first-order valence-corrected chi connectivity index (χ1v) is 10.7. The molecule has 3 nitrogen and oxygen atoms in total. The van der Waals surface area contributed by atoms with Crippen LogP contribution in [-0.4, -0.2) is 11.0 Å². The van der Waals surface area contributed by atoms with Crippen molar-refractivity contribution in [3.8, 4) is 5.75 Å². The number of benzene rings is 1. The first-order valence-electron chi connectivity index (χ1n) is 10.7. The molecule has 2 N–H and O–H groups in total. The standard InChI is InChI=1S/C23H39NO2/c1-4-6-8-10-11-13-15-20(14-12-9-7-5-2)23(26)24-21-18-19(3)16-17-22(21)25/h16-18,20,25H,4-15H2,1-3H3,(H,24,26). The Hall–Kier alpha value is -1.51. The molecule has 0 aromatic heterocycles. The van der Waals surface area contributed by atoms with Crippen LogP contribution in [0.15, 0.2) is 18.2 Å². The molecule has 0 spiro atoms. The van der Waals surface area contributed by atoms with Crippen molar-refractivity contribution in [3.63, 3.8) is 0 Å². The van der Waals surface area contributed by atoms with E-state index >= 15 is 0 Å². The van der Waals surface area contributed by atoms with Gasteiger partial charge >= 0.3 is 0 Å². The predicted molar refractivity (Wildman–Crippen MR) is 112 cm³/mol. The van der Waals surface area contributed by atoms with Crippen molar-refractivity contribution in [3.05, 3.63) is 23.8 Å². The van der Waals surface area contributed by atoms with Gasteiger partial charge in [0.15, 0.2) is 0 Å². The SMILES string of the molecule is CCCCCCCCC(CCCCCC)C(=O)Nc1cc(C)ccc1O. The van der Waals surface area contributed by atoms with Gasteiger partial charge in [-0.25, -0.2) is 0 Å². The zero-order chi connectivity index (χ0) is 19.2. The van der Waals surface area contributed by atoms with Gasteiger partial charge in [-0.2, -0.15) is 0 Å². The number of unbranched alkanes of at least 4 members (excludes halogenated alkanes) is 8. The maximum Gasteiger partial charge on any atom is 0.227 e. The largest absolute Gasteiger partial charge is 0.506 e. The van der Waals surface area contributed by atoms with Crippen molar-refractivity contribution in [2.75, 3.05) is 5.32 Å². The molecule has 0 bridgehead atoms. The van der Waals surface area contributed by atoms with E-state index in [1.807, 2.05) is 19.1 Å². The van der Waals surface area contributed by atoms with Crippen LogP contribution in [-0.2, 0) is 4.79 Å². The molecule has 1 aromatic carbocycles. The highest BCUT2D eigenvalue weighted by atomic mass is 16.3. The fourth-order valence-corrected chi connectivity index (χ4v) is 3.38. The van der Waals surface area contributed by atoms with E-state index in [1.165, 1.54) is 51.4 Å². The minimum Gasteiger partial charge on any atom is -0.506 e. The van der Waals surface area contributed by atoms with Crippen LogP contribution in [0, 0.1) is 12.8 Å². The summed E-state index contributed by atoms with van der Waals surface area (Å²) in [6, 6.07) is 5.34. The number of phenolic OH excluding ortho intramolecular Hbond substituents is 1. The number of anilines is 1. The lowest BCUT2D eigenvalue weighted by atomic mass is 9.93. The lowest BCUT2D eigenvalue weighted by Gasteiger charge is -2.18. The number of hydrogen-bond donors (Lipinski definition) is 2. The summed E-state index contributed by atoms with van der Waals surface area (Å²) in [6.45, 7) is 6.41. The Morgan fingerprint density at radius 3 is 2.08 bits per heavy atom. The van der Waals surface area contributed by atoms with E-state index in [0.29, 0.717) is 5.69 Å². The first kappa shape index (κ1) is 22.5. The molecule has 0 saturated heterocycles. The molecule has 0 radical (unpaired) electrons. The van der Waals surface area contributed by atoms with Crippen LogP contribution < -0.4 is 5.32 Å². The molecule has 0 fully saturated rings. The molecule has 1 amide bonds. The molecule has 0 heterocycles. The molecule has 0 aliphatic carbocycles. The molecule has 1 rings (SSSR count). The van der Waals surface area contributed by atoms with Crippen molar-refractivity contribution in [1.29, 1.82) is 0 Å². The van der Waals surface area contributed by atoms with E-state index in [9.17, 15) is 9.90 Å². The summed E-state index contributed by atoms with van der Waals surface area (Å²) in [5.41, 5.74) is 1.57. The maximum atomic E-state index is 12.8. The van der Waals surface area contributed by atoms with E-state index < -0.39 is 0 Å². The van der Waals surface area contributed by atoms with Gasteiger partial charge < -0.3 is 10.4 Å². The molecule has 1 atom stereocenters. The van der Waals surface area contributed by atoms with Crippen LogP contribution in [0.5, 0.6) is 5.75 Å². The topological polar surface area (TPSA) is 49.3 Å². The van der Waals surface area contributed by atoms with Crippen LogP contribution in [0.25, 0.3) is 0 Å². The minimum absolute atomic E-state index is 0.0537. The smallest absolute Gasteiger partial charge is 0.227 e. The number of carbonyl (C=O) groups excluding carboxylic acids is 1. The Labute approximate surface area is 160 Å². The summed E-state index contributed by atoms with van der Waals surface area (Å²) in [6.07, 6.45) is 14.2. The summed E-state index contributed by atoms with van der Waals surface area (Å²) in [5.74, 6) is 0.266. The summed E-state index contributed by atoms with van der Waals surface area (Å²) < 4.78 is 0. The highest BCUT2D eigenvalue weighted by molar-refractivity contribution is 5.93. The summed E-state index contributed by atoms with van der Waals surface area (Å²) in [5, 5.41) is 13.0. The molecular weight excluding hydrogens is 322 g/mol. The van der Waals surface area contributed by atoms with Crippen molar-refractivity contribution in [2.24, 2.45) is 5.92 Å². The number of aryl methyl sites for hydroxylation is 1. The maximum absolute atomic E-state index is 12.8. The van der Waals surface area contributed by atoms with Crippen LogP contribution in [0.3, 0.4) is 0 Å². The van der Waals surface area contributed by atoms with Crippen molar-refractivity contribution in [2.45, 2.75) is 97.8 Å². The summed E-state index contributed by atoms with van der Waals surface area (Å²) in [4.78, 5) is 12.8. The quantitative estimate of drug-likeness (QED) is 0.277. The average Bonchev–Trinajstić information content (AvgIpc) is 2.62. The average molecular weight is 362 g/mol. The molecule has 0 aliphatic heterocycles. The Balaban J connectivity index is 2.54. The fourth-order valence-electron chi connectivity index (χ4n) is 3.38. The Morgan fingerprint density at radius 1 is 0.923 bits per heavy atom. The molecule has 0 aliphatic rings. The molecular formula is C23H39NO2. The number of carbonyl (C=O) groups is 1. The van der Waals surface area contributed by atoms with Crippen LogP contribution in [0.2, 0.25) is 0 Å². The predicted octanol–water partition coefficient (Wildman–Crippen LogP) is 6.98. The number of amides is 1. The Morgan fingerprint density at radius 2 is 1.46 bits per heavy atom. The highest BCUT2D eigenvalue weighted by Gasteiger charge is 2.19. The van der Waals surface area contributed by atoms with Crippen LogP contribution in [0.1, 0.15) is 96.5 Å². The van der Waals surface area contributed by atoms with E-state index in [-0.39, 0.29) is 17.6 Å². The Bertz CT molecular complexity index is 513. The molecule has 3 heteroatoms. The summed E-state index contributed by atoms with van der Waals surface area (Å²) >= 11 is 0. The van der Waals surface area contributed by atoms with Gasteiger partial charge in [0.2, 0.25) is 5.91 Å².